The number of hydrogen-bond acceptors (Lipinski definition) is 5. The molecule has 1 amide bonds. The average molecular weight is 284 g/mol. The van der Waals surface area contributed by atoms with E-state index in [1.165, 1.54) is 11.3 Å². The first-order chi connectivity index (χ1) is 9.10. The number of methoxy groups -OCH3 is 1. The maximum Gasteiger partial charge on any atom is 0.317 e. The number of thiophene rings is 1. The topological polar surface area (TPSA) is 70.1 Å². The van der Waals surface area contributed by atoms with Gasteiger partial charge in [-0.2, -0.15) is 0 Å². The van der Waals surface area contributed by atoms with E-state index in [1.807, 2.05) is 4.90 Å². The van der Waals surface area contributed by atoms with E-state index in [-0.39, 0.29) is 12.5 Å². The number of ether oxygens (including phenoxy) is 1. The van der Waals surface area contributed by atoms with Crippen molar-refractivity contribution in [2.75, 3.05) is 39.8 Å². The summed E-state index contributed by atoms with van der Waals surface area (Å²) in [5, 5.41) is 10.5. The lowest BCUT2D eigenvalue weighted by Gasteiger charge is -2.33. The number of hydrogen-bond donors (Lipinski definition) is 1. The second-order valence-electron chi connectivity index (χ2n) is 4.31. The molecule has 104 valence electrons. The second kappa shape index (κ2) is 6.03. The van der Waals surface area contributed by atoms with Gasteiger partial charge in [-0.15, -0.1) is 11.3 Å². The third-order valence-corrected chi connectivity index (χ3v) is 3.94. The Balaban J connectivity index is 1.90. The van der Waals surface area contributed by atoms with Crippen LogP contribution in [0.5, 0.6) is 5.75 Å². The minimum absolute atomic E-state index is 0.0109. The molecule has 0 aromatic carbocycles. The van der Waals surface area contributed by atoms with E-state index < -0.39 is 5.97 Å². The van der Waals surface area contributed by atoms with Crippen LogP contribution in [0.3, 0.4) is 0 Å². The Morgan fingerprint density at radius 2 is 2.05 bits per heavy atom. The van der Waals surface area contributed by atoms with Crippen molar-refractivity contribution in [3.8, 4) is 5.75 Å². The average Bonchev–Trinajstić information content (AvgIpc) is 2.87. The van der Waals surface area contributed by atoms with Gasteiger partial charge in [-0.1, -0.05) is 0 Å². The zero-order valence-electron chi connectivity index (χ0n) is 10.7. The predicted octanol–water partition coefficient (Wildman–Crippen LogP) is 0.599. The predicted molar refractivity (Wildman–Crippen MR) is 70.9 cm³/mol. The summed E-state index contributed by atoms with van der Waals surface area (Å²) in [5.74, 6) is -0.149. The minimum Gasteiger partial charge on any atom is -0.496 e. The molecule has 0 spiro atoms. The SMILES string of the molecule is COc1csc(C(=O)N2CCN(CC(=O)O)CC2)c1. The lowest BCUT2D eigenvalue weighted by Crippen LogP contribution is -2.49. The van der Waals surface area contributed by atoms with Crippen LogP contribution in [0, 0.1) is 0 Å². The molecule has 0 unspecified atom stereocenters. The molecule has 1 aromatic rings. The van der Waals surface area contributed by atoms with Gasteiger partial charge in [0.05, 0.1) is 18.5 Å². The smallest absolute Gasteiger partial charge is 0.317 e. The van der Waals surface area contributed by atoms with Crippen molar-refractivity contribution in [2.24, 2.45) is 0 Å². The molecule has 0 radical (unpaired) electrons. The van der Waals surface area contributed by atoms with Gasteiger partial charge in [-0.05, 0) is 0 Å². The minimum atomic E-state index is -0.831. The van der Waals surface area contributed by atoms with Gasteiger partial charge in [0.2, 0.25) is 0 Å². The van der Waals surface area contributed by atoms with Crippen LogP contribution in [0.2, 0.25) is 0 Å². The molecule has 0 bridgehead atoms. The molecule has 19 heavy (non-hydrogen) atoms. The molecule has 1 aromatic heterocycles. The van der Waals surface area contributed by atoms with Crippen molar-refractivity contribution in [1.82, 2.24) is 9.80 Å². The summed E-state index contributed by atoms with van der Waals surface area (Å²) in [5.41, 5.74) is 0. The van der Waals surface area contributed by atoms with Crippen LogP contribution >= 0.6 is 11.3 Å². The molecular formula is C12H16N2O4S. The van der Waals surface area contributed by atoms with Crippen LogP contribution in [-0.2, 0) is 4.79 Å². The Morgan fingerprint density at radius 1 is 1.37 bits per heavy atom. The number of carbonyl (C=O) groups excluding carboxylic acids is 1. The third-order valence-electron chi connectivity index (χ3n) is 3.04. The number of carboxylic acid groups (broad SMARTS) is 1. The summed E-state index contributed by atoms with van der Waals surface area (Å²) in [7, 11) is 1.57. The Kier molecular flexibility index (Phi) is 4.39. The largest absolute Gasteiger partial charge is 0.496 e. The second-order valence-corrected chi connectivity index (χ2v) is 5.22. The summed E-state index contributed by atoms with van der Waals surface area (Å²) in [6.07, 6.45) is 0. The maximum atomic E-state index is 12.2. The maximum absolute atomic E-state index is 12.2. The molecule has 0 saturated carbocycles. The fraction of sp³-hybridized carbons (Fsp3) is 0.500. The van der Waals surface area contributed by atoms with Crippen LogP contribution in [0.4, 0.5) is 0 Å². The van der Waals surface area contributed by atoms with Gasteiger partial charge in [0, 0.05) is 37.6 Å². The zero-order valence-corrected chi connectivity index (χ0v) is 11.5. The number of rotatable bonds is 4. The Bertz CT molecular complexity index is 466. The Morgan fingerprint density at radius 3 is 2.58 bits per heavy atom. The third kappa shape index (κ3) is 3.45. The highest BCUT2D eigenvalue weighted by Crippen LogP contribution is 2.22. The Hall–Kier alpha value is -1.60. The quantitative estimate of drug-likeness (QED) is 0.876. The molecule has 1 saturated heterocycles. The van der Waals surface area contributed by atoms with Crippen molar-refractivity contribution >= 4 is 23.2 Å². The molecule has 2 heterocycles. The molecule has 6 nitrogen and oxygen atoms in total. The van der Waals surface area contributed by atoms with E-state index in [1.54, 1.807) is 23.5 Å². The highest BCUT2D eigenvalue weighted by molar-refractivity contribution is 7.12. The molecule has 1 aliphatic heterocycles. The molecule has 7 heteroatoms. The lowest BCUT2D eigenvalue weighted by atomic mass is 10.3. The summed E-state index contributed by atoms with van der Waals surface area (Å²) >= 11 is 1.36. The van der Waals surface area contributed by atoms with Gasteiger partial charge in [0.15, 0.2) is 0 Å². The standard InChI is InChI=1S/C12H16N2O4S/c1-18-9-6-10(19-8-9)12(17)14-4-2-13(3-5-14)7-11(15)16/h6,8H,2-5,7H2,1H3,(H,15,16). The van der Waals surface area contributed by atoms with Gasteiger partial charge in [-0.3, -0.25) is 14.5 Å². The number of aliphatic carboxylic acids is 1. The molecule has 0 atom stereocenters. The van der Waals surface area contributed by atoms with E-state index in [4.69, 9.17) is 9.84 Å². The van der Waals surface area contributed by atoms with Crippen molar-refractivity contribution < 1.29 is 19.4 Å². The summed E-state index contributed by atoms with van der Waals surface area (Å²) < 4.78 is 5.06. The van der Waals surface area contributed by atoms with Gasteiger partial charge in [0.25, 0.3) is 5.91 Å². The first-order valence-corrected chi connectivity index (χ1v) is 6.84. The van der Waals surface area contributed by atoms with Gasteiger partial charge >= 0.3 is 5.97 Å². The van der Waals surface area contributed by atoms with E-state index >= 15 is 0 Å². The fourth-order valence-electron chi connectivity index (χ4n) is 1.99. The number of amides is 1. The van der Waals surface area contributed by atoms with E-state index in [2.05, 4.69) is 0 Å². The van der Waals surface area contributed by atoms with Gasteiger partial charge < -0.3 is 14.7 Å². The molecule has 2 rings (SSSR count). The van der Waals surface area contributed by atoms with Gasteiger partial charge in [-0.25, -0.2) is 0 Å². The van der Waals surface area contributed by atoms with Crippen LogP contribution in [-0.4, -0.2) is 66.6 Å². The molecule has 0 aliphatic carbocycles. The highest BCUT2D eigenvalue weighted by atomic mass is 32.1. The molecule has 1 aliphatic rings. The highest BCUT2D eigenvalue weighted by Gasteiger charge is 2.24. The number of carboxylic acids is 1. The van der Waals surface area contributed by atoms with Crippen molar-refractivity contribution in [1.29, 1.82) is 0 Å². The van der Waals surface area contributed by atoms with Crippen LogP contribution in [0.1, 0.15) is 9.67 Å². The number of nitrogens with zero attached hydrogens (tertiary/aromatic N) is 2. The summed E-state index contributed by atoms with van der Waals surface area (Å²) in [4.78, 5) is 27.1. The first kappa shape index (κ1) is 13.8. The fourth-order valence-corrected chi connectivity index (χ4v) is 2.82. The van der Waals surface area contributed by atoms with Crippen molar-refractivity contribution in [3.05, 3.63) is 16.3 Å². The molecule has 1 N–H and O–H groups in total. The lowest BCUT2D eigenvalue weighted by molar-refractivity contribution is -0.138. The monoisotopic (exact) mass is 284 g/mol. The zero-order chi connectivity index (χ0) is 13.8. The van der Waals surface area contributed by atoms with Crippen LogP contribution in [0.15, 0.2) is 11.4 Å². The van der Waals surface area contributed by atoms with Crippen molar-refractivity contribution in [3.63, 3.8) is 0 Å². The summed E-state index contributed by atoms with van der Waals surface area (Å²) in [6, 6.07) is 1.73. The molecular weight excluding hydrogens is 268 g/mol. The van der Waals surface area contributed by atoms with E-state index in [0.717, 1.165) is 0 Å². The summed E-state index contributed by atoms with van der Waals surface area (Å²) in [6.45, 7) is 2.36. The van der Waals surface area contributed by atoms with Crippen LogP contribution < -0.4 is 4.74 Å². The van der Waals surface area contributed by atoms with E-state index in [0.29, 0.717) is 36.8 Å². The van der Waals surface area contributed by atoms with E-state index in [9.17, 15) is 9.59 Å². The normalized spacial score (nSPS) is 16.4. The van der Waals surface area contributed by atoms with Gasteiger partial charge in [0.1, 0.15) is 5.75 Å². The Labute approximate surface area is 115 Å². The molecule has 1 fully saturated rings. The number of carbonyl (C=O) groups is 2. The number of piperazine rings is 1. The van der Waals surface area contributed by atoms with Crippen LogP contribution in [0.25, 0.3) is 0 Å². The first-order valence-electron chi connectivity index (χ1n) is 5.96. The van der Waals surface area contributed by atoms with Crippen molar-refractivity contribution in [2.45, 2.75) is 0 Å².